The number of fused-ring (bicyclic) bond motifs is 3. The first-order chi connectivity index (χ1) is 17.0. The van der Waals surface area contributed by atoms with Crippen molar-refractivity contribution in [1.29, 1.82) is 0 Å². The third-order valence-electron chi connectivity index (χ3n) is 6.30. The summed E-state index contributed by atoms with van der Waals surface area (Å²) in [6.45, 7) is 7.10. The topological polar surface area (TPSA) is 48.6 Å². The van der Waals surface area contributed by atoms with E-state index in [9.17, 15) is 0 Å². The second-order valence-corrected chi connectivity index (χ2v) is 9.78. The first-order valence-electron chi connectivity index (χ1n) is 11.8. The van der Waals surface area contributed by atoms with Gasteiger partial charge in [-0.2, -0.15) is 6.07 Å². The van der Waals surface area contributed by atoms with Crippen molar-refractivity contribution in [2.75, 3.05) is 6.61 Å². The monoisotopic (exact) mass is 654 g/mol. The van der Waals surface area contributed by atoms with Gasteiger partial charge in [0, 0.05) is 23.2 Å². The Labute approximate surface area is 225 Å². The fourth-order valence-corrected chi connectivity index (χ4v) is 4.37. The van der Waals surface area contributed by atoms with Crippen LogP contribution in [-0.4, -0.2) is 28.1 Å². The van der Waals surface area contributed by atoms with Crippen molar-refractivity contribution in [1.82, 2.24) is 9.55 Å². The molecule has 0 saturated heterocycles. The minimum Gasteiger partial charge on any atom is -0.518 e. The molecule has 1 atom stereocenters. The van der Waals surface area contributed by atoms with E-state index < -0.39 is 0 Å². The smallest absolute Gasteiger partial charge is 0.518 e. The van der Waals surface area contributed by atoms with Gasteiger partial charge >= 0.3 is 21.1 Å². The molecule has 0 N–H and O–H groups in total. The van der Waals surface area contributed by atoms with Crippen molar-refractivity contribution in [2.24, 2.45) is 10.4 Å². The Morgan fingerprint density at radius 3 is 2.47 bits per heavy atom. The standard InChI is InChI=1S/C30H25N3O2.Pt/c1-30(2,3)27-19-34-29(32-27)20-9-8-10-21(17-20)35-22-14-15-24-23-11-4-5-12-25(23)33(26(24)18-22)28-13-6-7-16-31-28;/h4-16,27H,19H2,1-3H3;/q-2;+2/t27-;/m0./s1. The number of aromatic nitrogens is 2. The molecular weight excluding hydrogens is 629 g/mol. The molecule has 0 spiro atoms. The van der Waals surface area contributed by atoms with E-state index in [0.717, 1.165) is 33.2 Å². The summed E-state index contributed by atoms with van der Waals surface area (Å²) in [6.07, 6.45) is 1.80. The molecule has 5 nitrogen and oxygen atoms in total. The van der Waals surface area contributed by atoms with Gasteiger partial charge in [0.2, 0.25) is 0 Å². The molecule has 5 aromatic rings. The van der Waals surface area contributed by atoms with Crippen LogP contribution in [0.3, 0.4) is 0 Å². The van der Waals surface area contributed by atoms with E-state index in [1.54, 1.807) is 6.20 Å². The van der Waals surface area contributed by atoms with Crippen LogP contribution in [0.1, 0.15) is 26.3 Å². The second-order valence-electron chi connectivity index (χ2n) is 9.78. The number of ether oxygens (including phenoxy) is 2. The van der Waals surface area contributed by atoms with Gasteiger partial charge < -0.3 is 14.0 Å². The fourth-order valence-electron chi connectivity index (χ4n) is 4.37. The molecule has 2 aromatic heterocycles. The van der Waals surface area contributed by atoms with Gasteiger partial charge in [0.1, 0.15) is 11.7 Å². The molecule has 0 unspecified atom stereocenters. The average molecular weight is 655 g/mol. The van der Waals surface area contributed by atoms with Crippen LogP contribution >= 0.6 is 0 Å². The number of pyridine rings is 1. The van der Waals surface area contributed by atoms with Gasteiger partial charge in [-0.05, 0) is 29.0 Å². The Kier molecular flexibility index (Phi) is 6.44. The van der Waals surface area contributed by atoms with Crippen molar-refractivity contribution in [3.8, 4) is 17.3 Å². The summed E-state index contributed by atoms with van der Waals surface area (Å²) in [5.74, 6) is 2.65. The maximum Gasteiger partial charge on any atom is 2.00 e. The molecule has 3 aromatic carbocycles. The van der Waals surface area contributed by atoms with E-state index in [0.29, 0.717) is 24.0 Å². The zero-order valence-corrected chi connectivity index (χ0v) is 22.5. The van der Waals surface area contributed by atoms with E-state index in [-0.39, 0.29) is 32.5 Å². The predicted octanol–water partition coefficient (Wildman–Crippen LogP) is 6.76. The molecule has 6 rings (SSSR count). The Bertz CT molecular complexity index is 1570. The molecular formula is C30H25N3O2Pt. The van der Waals surface area contributed by atoms with E-state index in [4.69, 9.17) is 14.5 Å². The summed E-state index contributed by atoms with van der Waals surface area (Å²) in [6, 6.07) is 30.9. The largest absolute Gasteiger partial charge is 2.00 e. The summed E-state index contributed by atoms with van der Waals surface area (Å²) in [5, 5.41) is 2.24. The number of rotatable bonds is 4. The zero-order valence-electron chi connectivity index (χ0n) is 20.3. The maximum atomic E-state index is 6.21. The number of aliphatic imine (C=N–C) groups is 1. The molecule has 6 heteroatoms. The molecule has 0 saturated carbocycles. The third kappa shape index (κ3) is 4.44. The minimum atomic E-state index is 0. The van der Waals surface area contributed by atoms with Crippen LogP contribution in [0.25, 0.3) is 27.6 Å². The number of hydrogen-bond donors (Lipinski definition) is 0. The van der Waals surface area contributed by atoms with Crippen LogP contribution in [0.2, 0.25) is 0 Å². The molecule has 0 amide bonds. The molecule has 36 heavy (non-hydrogen) atoms. The second kappa shape index (κ2) is 9.55. The van der Waals surface area contributed by atoms with Crippen LogP contribution in [0.4, 0.5) is 0 Å². The summed E-state index contributed by atoms with van der Waals surface area (Å²) < 4.78 is 14.2. The zero-order chi connectivity index (χ0) is 24.0. The Morgan fingerprint density at radius 1 is 0.889 bits per heavy atom. The minimum absolute atomic E-state index is 0. The van der Waals surface area contributed by atoms with Crippen molar-refractivity contribution in [3.05, 3.63) is 96.7 Å². The fraction of sp³-hybridized carbons (Fsp3) is 0.200. The summed E-state index contributed by atoms with van der Waals surface area (Å²) in [4.78, 5) is 9.36. The van der Waals surface area contributed by atoms with Gasteiger partial charge in [-0.25, -0.2) is 4.98 Å². The quantitative estimate of drug-likeness (QED) is 0.201. The average Bonchev–Trinajstić information content (AvgIpc) is 3.48. The first kappa shape index (κ1) is 24.3. The van der Waals surface area contributed by atoms with Crippen molar-refractivity contribution < 1.29 is 30.5 Å². The van der Waals surface area contributed by atoms with Crippen molar-refractivity contribution in [3.63, 3.8) is 0 Å². The number of para-hydroxylation sites is 1. The maximum absolute atomic E-state index is 6.21. The van der Waals surface area contributed by atoms with Gasteiger partial charge in [-0.3, -0.25) is 4.99 Å². The Morgan fingerprint density at radius 2 is 1.69 bits per heavy atom. The van der Waals surface area contributed by atoms with Crippen molar-refractivity contribution in [2.45, 2.75) is 26.8 Å². The summed E-state index contributed by atoms with van der Waals surface area (Å²) in [5.41, 5.74) is 2.83. The Hall–Kier alpha value is -3.43. The van der Waals surface area contributed by atoms with Crippen LogP contribution in [0, 0.1) is 17.5 Å². The van der Waals surface area contributed by atoms with Gasteiger partial charge in [0.05, 0.1) is 12.6 Å². The van der Waals surface area contributed by atoms with E-state index in [1.807, 2.05) is 54.6 Å². The van der Waals surface area contributed by atoms with E-state index >= 15 is 0 Å². The first-order valence-corrected chi connectivity index (χ1v) is 11.8. The van der Waals surface area contributed by atoms with E-state index in [2.05, 4.69) is 60.7 Å². The predicted molar refractivity (Wildman–Crippen MR) is 138 cm³/mol. The normalized spacial score (nSPS) is 15.4. The molecule has 3 heterocycles. The summed E-state index contributed by atoms with van der Waals surface area (Å²) in [7, 11) is 0. The summed E-state index contributed by atoms with van der Waals surface area (Å²) >= 11 is 0. The molecule has 0 aliphatic carbocycles. The van der Waals surface area contributed by atoms with Crippen LogP contribution in [0.15, 0.2) is 84.0 Å². The van der Waals surface area contributed by atoms with Crippen LogP contribution in [0.5, 0.6) is 11.5 Å². The van der Waals surface area contributed by atoms with E-state index in [1.165, 1.54) is 0 Å². The molecule has 182 valence electrons. The third-order valence-corrected chi connectivity index (χ3v) is 6.30. The Balaban J connectivity index is 0.00000267. The van der Waals surface area contributed by atoms with Gasteiger partial charge in [-0.15, -0.1) is 35.7 Å². The van der Waals surface area contributed by atoms with Crippen LogP contribution < -0.4 is 4.74 Å². The van der Waals surface area contributed by atoms with Crippen LogP contribution in [-0.2, 0) is 25.8 Å². The molecule has 1 aliphatic heterocycles. The van der Waals surface area contributed by atoms with Gasteiger partial charge in [0.15, 0.2) is 0 Å². The molecule has 0 radical (unpaired) electrons. The number of benzene rings is 3. The molecule has 0 fully saturated rings. The van der Waals surface area contributed by atoms with Gasteiger partial charge in [0.25, 0.3) is 0 Å². The number of nitrogens with zero attached hydrogens (tertiary/aromatic N) is 3. The molecule has 1 aliphatic rings. The van der Waals surface area contributed by atoms with Crippen molar-refractivity contribution >= 4 is 27.7 Å². The number of hydrogen-bond acceptors (Lipinski definition) is 4. The molecule has 0 bridgehead atoms. The SMILES string of the molecule is CC(C)(C)[C@@H]1COC(c2[c-]c(Oc3[c-]c4c(cc3)c3ccccc3n4-c3ccccn3)ccc2)=N1.[Pt+2]. The van der Waals surface area contributed by atoms with Gasteiger partial charge in [-0.1, -0.05) is 62.2 Å².